The highest BCUT2D eigenvalue weighted by Crippen LogP contribution is 2.35. The van der Waals surface area contributed by atoms with Gasteiger partial charge in [-0.05, 0) is 30.6 Å². The summed E-state index contributed by atoms with van der Waals surface area (Å²) in [7, 11) is 0. The molecule has 0 atom stereocenters. The number of hydrogen-bond donors (Lipinski definition) is 0. The van der Waals surface area contributed by atoms with Crippen LogP contribution in [-0.2, 0) is 0 Å². The molecule has 0 aromatic rings. The zero-order valence-electron chi connectivity index (χ0n) is 10.3. The normalized spacial score (nSPS) is 12.5. The fraction of sp³-hybridized carbons (Fsp3) is 1.00. The van der Waals surface area contributed by atoms with Gasteiger partial charge in [0.25, 0.3) is 0 Å². The quantitative estimate of drug-likeness (QED) is 0.520. The Hall–Kier alpha value is 0. The van der Waals surface area contributed by atoms with Gasteiger partial charge in [-0.3, -0.25) is 0 Å². The first-order valence-electron chi connectivity index (χ1n) is 6.04. The predicted molar refractivity (Wildman–Crippen MR) is 62.0 cm³/mol. The van der Waals surface area contributed by atoms with E-state index in [1.165, 1.54) is 38.5 Å². The van der Waals surface area contributed by atoms with Crippen LogP contribution in [0.25, 0.3) is 0 Å². The van der Waals surface area contributed by atoms with Crippen LogP contribution >= 0.6 is 0 Å². The minimum absolute atomic E-state index is 0.633. The van der Waals surface area contributed by atoms with E-state index in [2.05, 4.69) is 34.6 Å². The zero-order chi connectivity index (χ0) is 10.3. The molecular weight excluding hydrogens is 156 g/mol. The van der Waals surface area contributed by atoms with E-state index >= 15 is 0 Å². The molecule has 0 unspecified atom stereocenters. The first-order valence-corrected chi connectivity index (χ1v) is 6.04. The van der Waals surface area contributed by atoms with Crippen molar-refractivity contribution in [2.24, 2.45) is 11.3 Å². The molecular formula is C13H28. The van der Waals surface area contributed by atoms with Crippen LogP contribution in [0.5, 0.6) is 0 Å². The summed E-state index contributed by atoms with van der Waals surface area (Å²) in [5.41, 5.74) is 0.633. The summed E-state index contributed by atoms with van der Waals surface area (Å²) in [4.78, 5) is 0. The smallest absolute Gasteiger partial charge is 0.0326 e. The summed E-state index contributed by atoms with van der Waals surface area (Å²) < 4.78 is 0. The molecule has 0 heterocycles. The van der Waals surface area contributed by atoms with Crippen LogP contribution in [0.3, 0.4) is 0 Å². The molecule has 13 heavy (non-hydrogen) atoms. The second-order valence-electron chi connectivity index (χ2n) is 5.24. The largest absolute Gasteiger partial charge is 0.0654 e. The van der Waals surface area contributed by atoms with Crippen molar-refractivity contribution in [3.8, 4) is 0 Å². The maximum atomic E-state index is 2.47. The summed E-state index contributed by atoms with van der Waals surface area (Å²) >= 11 is 0. The van der Waals surface area contributed by atoms with Gasteiger partial charge < -0.3 is 0 Å². The molecule has 0 radical (unpaired) electrons. The molecule has 0 saturated heterocycles. The molecule has 0 fully saturated rings. The van der Waals surface area contributed by atoms with E-state index in [0.717, 1.165) is 5.92 Å². The van der Waals surface area contributed by atoms with Crippen LogP contribution in [-0.4, -0.2) is 0 Å². The van der Waals surface area contributed by atoms with E-state index in [9.17, 15) is 0 Å². The maximum Gasteiger partial charge on any atom is -0.0326 e. The second-order valence-corrected chi connectivity index (χ2v) is 5.24. The summed E-state index contributed by atoms with van der Waals surface area (Å²) in [5.74, 6) is 0.869. The Balaban J connectivity index is 3.91. The van der Waals surface area contributed by atoms with Crippen molar-refractivity contribution in [3.05, 3.63) is 0 Å². The molecule has 0 spiro atoms. The Morgan fingerprint density at radius 3 is 1.69 bits per heavy atom. The molecule has 0 amide bonds. The summed E-state index contributed by atoms with van der Waals surface area (Å²) in [6.45, 7) is 11.8. The van der Waals surface area contributed by atoms with Crippen molar-refractivity contribution in [2.75, 3.05) is 0 Å². The van der Waals surface area contributed by atoms with Crippen molar-refractivity contribution >= 4 is 0 Å². The highest BCUT2D eigenvalue weighted by Gasteiger charge is 2.21. The lowest BCUT2D eigenvalue weighted by Crippen LogP contribution is -2.16. The van der Waals surface area contributed by atoms with E-state index < -0.39 is 0 Å². The fourth-order valence-electron chi connectivity index (χ4n) is 2.22. The third-order valence-corrected chi connectivity index (χ3v) is 3.03. The van der Waals surface area contributed by atoms with E-state index in [0.29, 0.717) is 5.41 Å². The van der Waals surface area contributed by atoms with Crippen LogP contribution < -0.4 is 0 Å². The van der Waals surface area contributed by atoms with Gasteiger partial charge in [0.2, 0.25) is 0 Å². The molecule has 0 aliphatic heterocycles. The molecule has 0 bridgehead atoms. The van der Waals surface area contributed by atoms with E-state index in [-0.39, 0.29) is 0 Å². The predicted octanol–water partition coefficient (Wildman–Crippen LogP) is 5.03. The van der Waals surface area contributed by atoms with Crippen molar-refractivity contribution in [1.82, 2.24) is 0 Å². The summed E-state index contributed by atoms with van der Waals surface area (Å²) in [6, 6.07) is 0. The molecule has 0 aliphatic carbocycles. The summed E-state index contributed by atoms with van der Waals surface area (Å²) in [6.07, 6.45) is 8.33. The first kappa shape index (κ1) is 13.0. The highest BCUT2D eigenvalue weighted by molar-refractivity contribution is 4.73. The minimum atomic E-state index is 0.633. The van der Waals surface area contributed by atoms with Gasteiger partial charge in [-0.1, -0.05) is 53.9 Å². The maximum absolute atomic E-state index is 2.47. The van der Waals surface area contributed by atoms with E-state index in [1.807, 2.05) is 0 Å². The SMILES string of the molecule is CCCC(C)(CCC)CCC(C)C. The third kappa shape index (κ3) is 6.12. The van der Waals surface area contributed by atoms with Crippen LogP contribution in [0.4, 0.5) is 0 Å². The van der Waals surface area contributed by atoms with Gasteiger partial charge in [0.05, 0.1) is 0 Å². The Morgan fingerprint density at radius 1 is 0.923 bits per heavy atom. The van der Waals surface area contributed by atoms with Crippen molar-refractivity contribution in [2.45, 2.75) is 73.1 Å². The molecule has 0 N–H and O–H groups in total. The Labute approximate surface area is 85.1 Å². The average molecular weight is 184 g/mol. The molecule has 0 aromatic heterocycles. The second kappa shape index (κ2) is 6.45. The zero-order valence-corrected chi connectivity index (χ0v) is 10.3. The fourth-order valence-corrected chi connectivity index (χ4v) is 2.22. The van der Waals surface area contributed by atoms with Crippen LogP contribution in [0.15, 0.2) is 0 Å². The van der Waals surface area contributed by atoms with Crippen LogP contribution in [0, 0.1) is 11.3 Å². The lowest BCUT2D eigenvalue weighted by atomic mass is 9.76. The van der Waals surface area contributed by atoms with Gasteiger partial charge >= 0.3 is 0 Å². The standard InChI is InChI=1S/C13H28/c1-6-9-13(5,10-7-2)11-8-12(3)4/h12H,6-11H2,1-5H3. The van der Waals surface area contributed by atoms with Gasteiger partial charge in [0.15, 0.2) is 0 Å². The first-order chi connectivity index (χ1) is 6.04. The lowest BCUT2D eigenvalue weighted by molar-refractivity contribution is 0.226. The molecule has 0 saturated carbocycles. The van der Waals surface area contributed by atoms with Crippen molar-refractivity contribution in [1.29, 1.82) is 0 Å². The molecule has 80 valence electrons. The van der Waals surface area contributed by atoms with Crippen molar-refractivity contribution in [3.63, 3.8) is 0 Å². The Bertz CT molecular complexity index is 107. The monoisotopic (exact) mass is 184 g/mol. The van der Waals surface area contributed by atoms with Gasteiger partial charge in [0, 0.05) is 0 Å². The van der Waals surface area contributed by atoms with Gasteiger partial charge in [-0.15, -0.1) is 0 Å². The Kier molecular flexibility index (Phi) is 6.45. The topological polar surface area (TPSA) is 0 Å². The lowest BCUT2D eigenvalue weighted by Gasteiger charge is -2.29. The molecule has 0 heteroatoms. The van der Waals surface area contributed by atoms with Gasteiger partial charge in [-0.2, -0.15) is 0 Å². The molecule has 0 rings (SSSR count). The van der Waals surface area contributed by atoms with Gasteiger partial charge in [0.1, 0.15) is 0 Å². The van der Waals surface area contributed by atoms with E-state index in [1.54, 1.807) is 0 Å². The third-order valence-electron chi connectivity index (χ3n) is 3.03. The Morgan fingerprint density at radius 2 is 1.38 bits per heavy atom. The minimum Gasteiger partial charge on any atom is -0.0654 e. The van der Waals surface area contributed by atoms with Crippen molar-refractivity contribution < 1.29 is 0 Å². The number of rotatable bonds is 7. The van der Waals surface area contributed by atoms with Gasteiger partial charge in [-0.25, -0.2) is 0 Å². The average Bonchev–Trinajstić information content (AvgIpc) is 2.02. The molecule has 0 aromatic carbocycles. The van der Waals surface area contributed by atoms with Crippen LogP contribution in [0.1, 0.15) is 73.1 Å². The number of hydrogen-bond acceptors (Lipinski definition) is 0. The van der Waals surface area contributed by atoms with E-state index in [4.69, 9.17) is 0 Å². The van der Waals surface area contributed by atoms with Crippen LogP contribution in [0.2, 0.25) is 0 Å². The molecule has 0 nitrogen and oxygen atoms in total. The molecule has 0 aliphatic rings. The highest BCUT2D eigenvalue weighted by atomic mass is 14.3. The summed E-state index contributed by atoms with van der Waals surface area (Å²) in [5, 5.41) is 0.